The molecule has 1 unspecified atom stereocenters. The van der Waals surface area contributed by atoms with Crippen LogP contribution in [0.15, 0.2) is 0 Å². The lowest BCUT2D eigenvalue weighted by Gasteiger charge is -2.39. The molecule has 0 aliphatic rings. The number of esters is 1. The summed E-state index contributed by atoms with van der Waals surface area (Å²) < 4.78 is 5.82. The zero-order valence-corrected chi connectivity index (χ0v) is 20.9. The van der Waals surface area contributed by atoms with E-state index in [2.05, 4.69) is 79.0 Å². The van der Waals surface area contributed by atoms with Gasteiger partial charge in [-0.15, -0.1) is 6.42 Å². The molecule has 0 fully saturated rings. The maximum absolute atomic E-state index is 12.3. The molecule has 0 bridgehead atoms. The topological polar surface area (TPSA) is 104 Å². The van der Waals surface area contributed by atoms with Crippen molar-refractivity contribution in [3.05, 3.63) is 0 Å². The second kappa shape index (κ2) is 20.1. The van der Waals surface area contributed by atoms with Crippen molar-refractivity contribution in [2.24, 2.45) is 5.92 Å². The number of unbranched alkanes of at least 4 members (excludes halogenated alkanes) is 2. The monoisotopic (exact) mass is 511 g/mol. The van der Waals surface area contributed by atoms with E-state index in [1.807, 2.05) is 0 Å². The lowest BCUT2D eigenvalue weighted by Crippen LogP contribution is -2.53. The summed E-state index contributed by atoms with van der Waals surface area (Å²) in [6, 6.07) is 0. The van der Waals surface area contributed by atoms with Crippen LogP contribution in [0.3, 0.4) is 0 Å². The van der Waals surface area contributed by atoms with Gasteiger partial charge in [-0.05, 0) is 72.0 Å². The van der Waals surface area contributed by atoms with E-state index < -0.39 is 30.2 Å². The molecule has 36 heavy (non-hydrogen) atoms. The standard InChI is InChI=1S/C29H31NO6.11H2/c1-4-7-10-11-12-13-14-15-16-17-18-26(29(34)35)25-28(33)36-24-23-30(20-8-5-2,21-9-6-3)22-19-27(31)32;;;;;;;;;;;/h1,26H,5-6,8-9,19-25H2,2-3H3,(H-,31,32,34,35);11*1H. The summed E-state index contributed by atoms with van der Waals surface area (Å²) in [7, 11) is 0. The van der Waals surface area contributed by atoms with Crippen LogP contribution >= 0.6 is 0 Å². The molecule has 0 aromatic heterocycles. The van der Waals surface area contributed by atoms with Gasteiger partial charge in [-0.1, -0.05) is 32.6 Å². The smallest absolute Gasteiger partial charge is 0.319 e. The summed E-state index contributed by atoms with van der Waals surface area (Å²) in [5.41, 5.74) is 0. The van der Waals surface area contributed by atoms with Crippen LogP contribution in [0.5, 0.6) is 0 Å². The van der Waals surface area contributed by atoms with E-state index in [0.29, 0.717) is 17.6 Å². The molecule has 1 N–H and O–H groups in total. The van der Waals surface area contributed by atoms with E-state index in [9.17, 15) is 24.6 Å². The van der Waals surface area contributed by atoms with Crippen molar-refractivity contribution in [2.75, 3.05) is 32.8 Å². The minimum Gasteiger partial charge on any atom is -0.550 e. The normalized spacial score (nSPS) is 9.92. The molecular weight excluding hydrogens is 458 g/mol. The molecular formula is C29H53NO6. The van der Waals surface area contributed by atoms with Gasteiger partial charge < -0.3 is 24.2 Å². The molecule has 0 saturated carbocycles. The molecule has 0 rings (SSSR count). The summed E-state index contributed by atoms with van der Waals surface area (Å²) >= 11 is 0. The van der Waals surface area contributed by atoms with Crippen LogP contribution in [0, 0.1) is 77.5 Å². The molecule has 7 heteroatoms. The number of rotatable bonds is 15. The van der Waals surface area contributed by atoms with Gasteiger partial charge >= 0.3 is 11.9 Å². The van der Waals surface area contributed by atoms with Gasteiger partial charge in [0, 0.05) is 28.1 Å². The maximum atomic E-state index is 12.3. The van der Waals surface area contributed by atoms with Crippen molar-refractivity contribution in [3.8, 4) is 71.5 Å². The molecule has 0 saturated heterocycles. The molecule has 0 aliphatic carbocycles. The Bertz CT molecular complexity index is 1130. The first-order valence-electron chi connectivity index (χ1n) is 11.7. The molecule has 0 spiro atoms. The van der Waals surface area contributed by atoms with Crippen molar-refractivity contribution in [3.63, 3.8) is 0 Å². The van der Waals surface area contributed by atoms with Gasteiger partial charge in [0.15, 0.2) is 0 Å². The number of hydrogen-bond acceptors (Lipinski definition) is 5. The van der Waals surface area contributed by atoms with E-state index >= 15 is 0 Å². The number of aliphatic carboxylic acids is 2. The third-order valence-electron chi connectivity index (χ3n) is 5.08. The second-order valence-corrected chi connectivity index (χ2v) is 7.79. The van der Waals surface area contributed by atoms with E-state index in [1.165, 1.54) is 0 Å². The van der Waals surface area contributed by atoms with Gasteiger partial charge in [-0.25, -0.2) is 0 Å². The molecule has 7 nitrogen and oxygen atoms in total. The Kier molecular flexibility index (Phi) is 17.7. The molecule has 0 radical (unpaired) electrons. The number of carbonyl (C=O) groups is 3. The Morgan fingerprint density at radius 3 is 1.89 bits per heavy atom. The Labute approximate surface area is 230 Å². The number of terminal acetylenes is 1. The van der Waals surface area contributed by atoms with E-state index in [0.717, 1.165) is 38.8 Å². The average molecular weight is 512 g/mol. The SMILES string of the molecule is C#CC#CC#CC#CC#CC#CC(CC(=O)OCC[N+](CCCC)(CCCC)CCC(=O)[O-])C(=O)O.[HH].[HH].[HH].[HH].[HH].[HH].[HH].[HH].[HH].[HH].[HH]. The van der Waals surface area contributed by atoms with Crippen LogP contribution in [0.4, 0.5) is 0 Å². The van der Waals surface area contributed by atoms with Gasteiger partial charge in [0.05, 0.1) is 26.1 Å². The third-order valence-corrected chi connectivity index (χ3v) is 5.08. The first-order chi connectivity index (χ1) is 17.3. The lowest BCUT2D eigenvalue weighted by atomic mass is 10.1. The Balaban J connectivity index is -0.000000111. The van der Waals surface area contributed by atoms with Gasteiger partial charge in [0.2, 0.25) is 0 Å². The number of carbonyl (C=O) groups excluding carboxylic acids is 2. The number of carboxylic acids is 2. The highest BCUT2D eigenvalue weighted by molar-refractivity contribution is 5.81. The molecule has 210 valence electrons. The molecule has 1 atom stereocenters. The lowest BCUT2D eigenvalue weighted by molar-refractivity contribution is -0.928. The maximum Gasteiger partial charge on any atom is 0.319 e. The second-order valence-electron chi connectivity index (χ2n) is 7.79. The van der Waals surface area contributed by atoms with E-state index in [4.69, 9.17) is 11.2 Å². The zero-order valence-electron chi connectivity index (χ0n) is 20.9. The first-order valence-corrected chi connectivity index (χ1v) is 11.7. The number of carboxylic acid groups (broad SMARTS) is 2. The molecule has 0 amide bonds. The van der Waals surface area contributed by atoms with Crippen LogP contribution in [-0.4, -0.2) is 60.3 Å². The summed E-state index contributed by atoms with van der Waals surface area (Å²) in [5.74, 6) is 21.6. The van der Waals surface area contributed by atoms with Gasteiger partial charge in [-0.3, -0.25) is 9.59 Å². The van der Waals surface area contributed by atoms with Crippen molar-refractivity contribution in [2.45, 2.75) is 52.4 Å². The predicted molar refractivity (Wildman–Crippen MR) is 157 cm³/mol. The molecule has 0 heterocycles. The largest absolute Gasteiger partial charge is 0.550 e. The Morgan fingerprint density at radius 1 is 0.889 bits per heavy atom. The Hall–Kier alpha value is -4.27. The van der Waals surface area contributed by atoms with Gasteiger partial charge in [0.25, 0.3) is 0 Å². The van der Waals surface area contributed by atoms with Crippen molar-refractivity contribution in [1.29, 1.82) is 0 Å². The van der Waals surface area contributed by atoms with Crippen molar-refractivity contribution in [1.82, 2.24) is 0 Å². The fraction of sp³-hybridized carbons (Fsp3) is 0.483. The zero-order chi connectivity index (χ0) is 27.1. The van der Waals surface area contributed by atoms with E-state index in [-0.39, 0.29) is 28.7 Å². The first kappa shape index (κ1) is 31.7. The van der Waals surface area contributed by atoms with Crippen LogP contribution < -0.4 is 5.11 Å². The predicted octanol–water partition coefficient (Wildman–Crippen LogP) is 3.53. The minimum absolute atomic E-state index is 0. The highest BCUT2D eigenvalue weighted by Crippen LogP contribution is 2.14. The van der Waals surface area contributed by atoms with E-state index in [1.54, 1.807) is 0 Å². The van der Waals surface area contributed by atoms with Crippen molar-refractivity contribution < 1.29 is 49.5 Å². The fourth-order valence-corrected chi connectivity index (χ4v) is 3.14. The van der Waals surface area contributed by atoms with Crippen molar-refractivity contribution >= 4 is 17.9 Å². The summed E-state index contributed by atoms with van der Waals surface area (Å²) in [5, 5.41) is 20.4. The van der Waals surface area contributed by atoms with Crippen LogP contribution in [-0.2, 0) is 19.1 Å². The fourth-order valence-electron chi connectivity index (χ4n) is 3.14. The number of quaternary nitrogens is 1. The number of ether oxygens (including phenoxy) is 1. The van der Waals surface area contributed by atoms with Crippen LogP contribution in [0.25, 0.3) is 0 Å². The summed E-state index contributed by atoms with van der Waals surface area (Å²) in [4.78, 5) is 34.8. The van der Waals surface area contributed by atoms with Crippen LogP contribution in [0.2, 0.25) is 0 Å². The Morgan fingerprint density at radius 2 is 1.42 bits per heavy atom. The molecule has 0 aliphatic heterocycles. The molecule has 0 aromatic carbocycles. The quantitative estimate of drug-likeness (QED) is 0.205. The average Bonchev–Trinajstić information content (AvgIpc) is 2.84. The minimum atomic E-state index is -1.28. The highest BCUT2D eigenvalue weighted by Gasteiger charge is 2.27. The summed E-state index contributed by atoms with van der Waals surface area (Å²) in [6.07, 6.45) is 8.18. The summed E-state index contributed by atoms with van der Waals surface area (Å²) in [6.45, 7) is 6.57. The number of hydrogen-bond donors (Lipinski definition) is 1. The van der Waals surface area contributed by atoms with Crippen LogP contribution in [0.1, 0.15) is 68.1 Å². The highest BCUT2D eigenvalue weighted by atomic mass is 16.5. The molecule has 0 aromatic rings. The number of nitrogens with zero attached hydrogens (tertiary/aromatic N) is 1. The van der Waals surface area contributed by atoms with Gasteiger partial charge in [0.1, 0.15) is 19.1 Å². The van der Waals surface area contributed by atoms with Gasteiger partial charge in [-0.2, -0.15) is 0 Å². The third kappa shape index (κ3) is 16.4.